The van der Waals surface area contributed by atoms with E-state index in [4.69, 9.17) is 11.6 Å². The van der Waals surface area contributed by atoms with Crippen molar-refractivity contribution in [1.82, 2.24) is 10.2 Å². The molecule has 1 atom stereocenters. The first kappa shape index (κ1) is 9.97. The summed E-state index contributed by atoms with van der Waals surface area (Å²) in [6, 6.07) is 8.58. The maximum atomic E-state index is 5.97. The van der Waals surface area contributed by atoms with E-state index in [2.05, 4.69) is 29.4 Å². The molecule has 0 saturated carbocycles. The van der Waals surface area contributed by atoms with Crippen molar-refractivity contribution in [3.63, 3.8) is 0 Å². The number of hydrogen-bond donors (Lipinski definition) is 1. The van der Waals surface area contributed by atoms with Gasteiger partial charge in [-0.15, -0.1) is 0 Å². The second-order valence-corrected chi connectivity index (χ2v) is 4.19. The van der Waals surface area contributed by atoms with E-state index >= 15 is 0 Å². The molecule has 1 aliphatic rings. The van der Waals surface area contributed by atoms with E-state index in [0.717, 1.165) is 24.7 Å². The van der Waals surface area contributed by atoms with Crippen molar-refractivity contribution < 1.29 is 0 Å². The van der Waals surface area contributed by atoms with Crippen LogP contribution in [0.5, 0.6) is 0 Å². The van der Waals surface area contributed by atoms with Gasteiger partial charge in [-0.05, 0) is 24.7 Å². The zero-order chi connectivity index (χ0) is 9.97. The molecule has 1 fully saturated rings. The highest BCUT2D eigenvalue weighted by Crippen LogP contribution is 2.22. The van der Waals surface area contributed by atoms with E-state index in [1.54, 1.807) is 0 Å². The van der Waals surface area contributed by atoms with Crippen LogP contribution >= 0.6 is 11.6 Å². The van der Waals surface area contributed by atoms with Crippen LogP contribution in [0.2, 0.25) is 5.02 Å². The number of halogens is 1. The molecule has 1 aromatic carbocycles. The molecule has 14 heavy (non-hydrogen) atoms. The molecule has 0 radical (unpaired) electrons. The van der Waals surface area contributed by atoms with Crippen LogP contribution in [0.4, 0.5) is 0 Å². The SMILES string of the molecule is CN1CCNCC1c1cccc(Cl)c1. The van der Waals surface area contributed by atoms with E-state index in [9.17, 15) is 0 Å². The lowest BCUT2D eigenvalue weighted by Crippen LogP contribution is -2.43. The minimum atomic E-state index is 0.461. The van der Waals surface area contributed by atoms with Crippen molar-refractivity contribution in [1.29, 1.82) is 0 Å². The van der Waals surface area contributed by atoms with Gasteiger partial charge in [-0.25, -0.2) is 0 Å². The molecule has 1 heterocycles. The summed E-state index contributed by atoms with van der Waals surface area (Å²) in [6.45, 7) is 3.18. The van der Waals surface area contributed by atoms with Crippen LogP contribution < -0.4 is 5.32 Å². The highest BCUT2D eigenvalue weighted by Gasteiger charge is 2.19. The van der Waals surface area contributed by atoms with Crippen LogP contribution in [0, 0.1) is 0 Å². The van der Waals surface area contributed by atoms with Crippen molar-refractivity contribution in [3.8, 4) is 0 Å². The number of likely N-dealkylation sites (N-methyl/N-ethyl adjacent to an activating group) is 1. The Labute approximate surface area is 89.9 Å². The largest absolute Gasteiger partial charge is 0.314 e. The van der Waals surface area contributed by atoms with Gasteiger partial charge in [0.15, 0.2) is 0 Å². The second kappa shape index (κ2) is 4.30. The lowest BCUT2D eigenvalue weighted by molar-refractivity contribution is 0.202. The Hall–Kier alpha value is -0.570. The number of piperazine rings is 1. The Kier molecular flexibility index (Phi) is 3.06. The van der Waals surface area contributed by atoms with Gasteiger partial charge in [0.25, 0.3) is 0 Å². The zero-order valence-corrected chi connectivity index (χ0v) is 9.09. The third-order valence-corrected chi connectivity index (χ3v) is 2.98. The smallest absolute Gasteiger partial charge is 0.0470 e. The van der Waals surface area contributed by atoms with Gasteiger partial charge in [-0.2, -0.15) is 0 Å². The monoisotopic (exact) mass is 210 g/mol. The zero-order valence-electron chi connectivity index (χ0n) is 8.33. The Balaban J connectivity index is 2.20. The highest BCUT2D eigenvalue weighted by molar-refractivity contribution is 6.30. The molecule has 3 heteroatoms. The Bertz CT molecular complexity index is 314. The van der Waals surface area contributed by atoms with Gasteiger partial charge < -0.3 is 5.32 Å². The van der Waals surface area contributed by atoms with Gasteiger partial charge in [0, 0.05) is 30.7 Å². The maximum absolute atomic E-state index is 5.97. The summed E-state index contributed by atoms with van der Waals surface area (Å²) < 4.78 is 0. The topological polar surface area (TPSA) is 15.3 Å². The molecule has 0 amide bonds. The lowest BCUT2D eigenvalue weighted by Gasteiger charge is -2.33. The molecule has 1 aromatic rings. The third kappa shape index (κ3) is 2.08. The molecule has 1 unspecified atom stereocenters. The first-order chi connectivity index (χ1) is 6.77. The van der Waals surface area contributed by atoms with Crippen LogP contribution in [0.25, 0.3) is 0 Å². The number of benzene rings is 1. The summed E-state index contributed by atoms with van der Waals surface area (Å²) in [5.74, 6) is 0. The molecule has 1 aliphatic heterocycles. The lowest BCUT2D eigenvalue weighted by atomic mass is 10.0. The molecule has 76 valence electrons. The van der Waals surface area contributed by atoms with E-state index in [-0.39, 0.29) is 0 Å². The summed E-state index contributed by atoms with van der Waals surface area (Å²) >= 11 is 5.97. The van der Waals surface area contributed by atoms with E-state index < -0.39 is 0 Å². The van der Waals surface area contributed by atoms with Crippen molar-refractivity contribution in [3.05, 3.63) is 34.9 Å². The minimum absolute atomic E-state index is 0.461. The average Bonchev–Trinajstić information content (AvgIpc) is 2.18. The summed E-state index contributed by atoms with van der Waals surface area (Å²) in [4.78, 5) is 2.36. The quantitative estimate of drug-likeness (QED) is 0.762. The van der Waals surface area contributed by atoms with E-state index in [1.165, 1.54) is 5.56 Å². The van der Waals surface area contributed by atoms with Gasteiger partial charge in [-0.3, -0.25) is 4.90 Å². The maximum Gasteiger partial charge on any atom is 0.0470 e. The van der Waals surface area contributed by atoms with Gasteiger partial charge in [0.1, 0.15) is 0 Å². The molecule has 0 aromatic heterocycles. The van der Waals surface area contributed by atoms with Crippen LogP contribution in [0.1, 0.15) is 11.6 Å². The summed E-state index contributed by atoms with van der Waals surface area (Å²) in [5, 5.41) is 4.22. The van der Waals surface area contributed by atoms with Gasteiger partial charge >= 0.3 is 0 Å². The molecule has 0 bridgehead atoms. The first-order valence-electron chi connectivity index (χ1n) is 4.94. The van der Waals surface area contributed by atoms with Crippen LogP contribution in [-0.2, 0) is 0 Å². The van der Waals surface area contributed by atoms with Gasteiger partial charge in [-0.1, -0.05) is 23.7 Å². The van der Waals surface area contributed by atoms with Crippen LogP contribution in [-0.4, -0.2) is 31.6 Å². The molecule has 2 rings (SSSR count). The van der Waals surface area contributed by atoms with Crippen molar-refractivity contribution >= 4 is 11.6 Å². The van der Waals surface area contributed by atoms with Crippen molar-refractivity contribution in [2.24, 2.45) is 0 Å². The minimum Gasteiger partial charge on any atom is -0.314 e. The number of nitrogens with one attached hydrogen (secondary N) is 1. The molecule has 2 nitrogen and oxygen atoms in total. The molecular weight excluding hydrogens is 196 g/mol. The fourth-order valence-electron chi connectivity index (χ4n) is 1.89. The van der Waals surface area contributed by atoms with Gasteiger partial charge in [0.05, 0.1) is 0 Å². The van der Waals surface area contributed by atoms with Crippen molar-refractivity contribution in [2.75, 3.05) is 26.7 Å². The summed E-state index contributed by atoms with van der Waals surface area (Å²) in [7, 11) is 2.16. The molecule has 0 aliphatic carbocycles. The fraction of sp³-hybridized carbons (Fsp3) is 0.455. The Morgan fingerprint density at radius 1 is 1.50 bits per heavy atom. The molecule has 0 spiro atoms. The highest BCUT2D eigenvalue weighted by atomic mass is 35.5. The summed E-state index contributed by atoms with van der Waals surface area (Å²) in [6.07, 6.45) is 0. The molecular formula is C11H15ClN2. The van der Waals surface area contributed by atoms with Crippen molar-refractivity contribution in [2.45, 2.75) is 6.04 Å². The van der Waals surface area contributed by atoms with E-state index in [0.29, 0.717) is 6.04 Å². The Morgan fingerprint density at radius 2 is 2.36 bits per heavy atom. The number of nitrogens with zero attached hydrogens (tertiary/aromatic N) is 1. The second-order valence-electron chi connectivity index (χ2n) is 3.76. The molecule has 1 saturated heterocycles. The first-order valence-corrected chi connectivity index (χ1v) is 5.31. The predicted molar refractivity (Wildman–Crippen MR) is 59.7 cm³/mol. The summed E-state index contributed by atoms with van der Waals surface area (Å²) in [5.41, 5.74) is 1.30. The van der Waals surface area contributed by atoms with E-state index in [1.807, 2.05) is 12.1 Å². The Morgan fingerprint density at radius 3 is 3.07 bits per heavy atom. The number of rotatable bonds is 1. The number of hydrogen-bond acceptors (Lipinski definition) is 2. The third-order valence-electron chi connectivity index (χ3n) is 2.74. The van der Waals surface area contributed by atoms with Crippen LogP contribution in [0.15, 0.2) is 24.3 Å². The average molecular weight is 211 g/mol. The normalized spacial score (nSPS) is 23.7. The predicted octanol–water partition coefficient (Wildman–Crippen LogP) is 1.92. The standard InChI is InChI=1S/C11H15ClN2/c1-14-6-5-13-8-11(14)9-3-2-4-10(12)7-9/h2-4,7,11,13H,5-6,8H2,1H3. The fourth-order valence-corrected chi connectivity index (χ4v) is 2.09. The van der Waals surface area contributed by atoms with Gasteiger partial charge in [0.2, 0.25) is 0 Å². The molecule has 1 N–H and O–H groups in total. The van der Waals surface area contributed by atoms with Crippen LogP contribution in [0.3, 0.4) is 0 Å².